The molecular formula is C13H12FNO3. The molecule has 0 spiro atoms. The molecule has 0 atom stereocenters. The number of hydrogen-bond acceptors (Lipinski definition) is 3. The van der Waals surface area contributed by atoms with Crippen molar-refractivity contribution in [3.63, 3.8) is 0 Å². The van der Waals surface area contributed by atoms with Crippen molar-refractivity contribution in [1.29, 1.82) is 0 Å². The Morgan fingerprint density at radius 3 is 2.44 bits per heavy atom. The molecule has 1 aliphatic heterocycles. The van der Waals surface area contributed by atoms with Gasteiger partial charge in [0.15, 0.2) is 11.6 Å². The second-order valence-corrected chi connectivity index (χ2v) is 3.79. The Labute approximate surface area is 104 Å². The van der Waals surface area contributed by atoms with Gasteiger partial charge in [-0.25, -0.2) is 4.39 Å². The number of amides is 2. The predicted octanol–water partition coefficient (Wildman–Crippen LogP) is 1.52. The summed E-state index contributed by atoms with van der Waals surface area (Å²) in [6, 6.07) is 6.10. The molecule has 94 valence electrons. The third-order valence-electron chi connectivity index (χ3n) is 2.52. The number of imide groups is 1. The van der Waals surface area contributed by atoms with E-state index in [1.54, 1.807) is 12.1 Å². The van der Waals surface area contributed by atoms with Gasteiger partial charge >= 0.3 is 0 Å². The highest BCUT2D eigenvalue weighted by Gasteiger charge is 2.22. The molecule has 18 heavy (non-hydrogen) atoms. The number of carbonyl (C=O) groups is 2. The van der Waals surface area contributed by atoms with Gasteiger partial charge in [-0.2, -0.15) is 0 Å². The van der Waals surface area contributed by atoms with Gasteiger partial charge < -0.3 is 4.74 Å². The van der Waals surface area contributed by atoms with Gasteiger partial charge in [0.25, 0.3) is 11.8 Å². The van der Waals surface area contributed by atoms with Crippen LogP contribution in [-0.4, -0.2) is 29.9 Å². The Morgan fingerprint density at radius 1 is 1.11 bits per heavy atom. The molecule has 0 fully saturated rings. The highest BCUT2D eigenvalue weighted by molar-refractivity contribution is 6.12. The van der Waals surface area contributed by atoms with Crippen LogP contribution in [-0.2, 0) is 9.59 Å². The fourth-order valence-corrected chi connectivity index (χ4v) is 1.62. The minimum absolute atomic E-state index is 0.176. The zero-order valence-corrected chi connectivity index (χ0v) is 9.64. The van der Waals surface area contributed by atoms with E-state index in [4.69, 9.17) is 4.74 Å². The van der Waals surface area contributed by atoms with Crippen molar-refractivity contribution in [2.45, 2.75) is 6.42 Å². The van der Waals surface area contributed by atoms with Crippen LogP contribution in [0.3, 0.4) is 0 Å². The molecule has 1 heterocycles. The number of carbonyl (C=O) groups excluding carboxylic acids is 2. The summed E-state index contributed by atoms with van der Waals surface area (Å²) in [6.45, 7) is 0.525. The molecule has 2 amide bonds. The van der Waals surface area contributed by atoms with Crippen LogP contribution in [0.1, 0.15) is 6.42 Å². The molecule has 0 radical (unpaired) electrons. The van der Waals surface area contributed by atoms with Crippen molar-refractivity contribution < 1.29 is 18.7 Å². The summed E-state index contributed by atoms with van der Waals surface area (Å²) in [5.41, 5.74) is 0. The quantitative estimate of drug-likeness (QED) is 0.587. The molecule has 0 unspecified atom stereocenters. The zero-order chi connectivity index (χ0) is 13.0. The number of rotatable bonds is 5. The molecular weight excluding hydrogens is 237 g/mol. The fourth-order valence-electron chi connectivity index (χ4n) is 1.62. The molecule has 5 heteroatoms. The molecule has 1 aromatic carbocycles. The van der Waals surface area contributed by atoms with Crippen molar-refractivity contribution in [2.75, 3.05) is 13.2 Å². The third-order valence-corrected chi connectivity index (χ3v) is 2.52. The number of hydrogen-bond donors (Lipinski definition) is 0. The maximum absolute atomic E-state index is 13.2. The van der Waals surface area contributed by atoms with Gasteiger partial charge in [-0.05, 0) is 18.6 Å². The lowest BCUT2D eigenvalue weighted by molar-refractivity contribution is -0.136. The Balaban J connectivity index is 1.75. The maximum Gasteiger partial charge on any atom is 0.253 e. The maximum atomic E-state index is 13.2. The number of para-hydroxylation sites is 1. The van der Waals surface area contributed by atoms with Crippen LogP contribution in [0.15, 0.2) is 36.4 Å². The van der Waals surface area contributed by atoms with Gasteiger partial charge in [-0.15, -0.1) is 0 Å². The van der Waals surface area contributed by atoms with Crippen LogP contribution in [0, 0.1) is 5.82 Å². The van der Waals surface area contributed by atoms with E-state index in [0.717, 1.165) is 4.90 Å². The highest BCUT2D eigenvalue weighted by atomic mass is 19.1. The van der Waals surface area contributed by atoms with E-state index < -0.39 is 5.82 Å². The van der Waals surface area contributed by atoms with Gasteiger partial charge in [-0.1, -0.05) is 12.1 Å². The summed E-state index contributed by atoms with van der Waals surface area (Å²) in [5.74, 6) is -0.876. The first-order chi connectivity index (χ1) is 8.68. The van der Waals surface area contributed by atoms with E-state index >= 15 is 0 Å². The van der Waals surface area contributed by atoms with Gasteiger partial charge in [-0.3, -0.25) is 14.5 Å². The Hall–Kier alpha value is -2.17. The SMILES string of the molecule is O=C1C=CC(=O)N1CCCOc1ccccc1F. The molecule has 1 aliphatic rings. The molecule has 0 N–H and O–H groups in total. The number of nitrogens with zero attached hydrogens (tertiary/aromatic N) is 1. The topological polar surface area (TPSA) is 46.6 Å². The average molecular weight is 249 g/mol. The Bertz CT molecular complexity index is 481. The highest BCUT2D eigenvalue weighted by Crippen LogP contribution is 2.15. The van der Waals surface area contributed by atoms with Crippen molar-refractivity contribution >= 4 is 11.8 Å². The van der Waals surface area contributed by atoms with Gasteiger partial charge in [0.05, 0.1) is 6.61 Å². The van der Waals surface area contributed by atoms with Crippen LogP contribution < -0.4 is 4.74 Å². The molecule has 0 aliphatic carbocycles. The van der Waals surface area contributed by atoms with E-state index in [2.05, 4.69) is 0 Å². The average Bonchev–Trinajstić information content (AvgIpc) is 2.67. The third kappa shape index (κ3) is 2.74. The summed E-state index contributed by atoms with van der Waals surface area (Å²) in [7, 11) is 0. The van der Waals surface area contributed by atoms with Crippen molar-refractivity contribution in [3.05, 3.63) is 42.2 Å². The minimum Gasteiger partial charge on any atom is -0.490 e. The Kier molecular flexibility index (Phi) is 3.72. The second-order valence-electron chi connectivity index (χ2n) is 3.79. The molecule has 0 aromatic heterocycles. The second kappa shape index (κ2) is 5.44. The Morgan fingerprint density at radius 2 is 1.78 bits per heavy atom. The van der Waals surface area contributed by atoms with Gasteiger partial charge in [0.1, 0.15) is 0 Å². The first-order valence-corrected chi connectivity index (χ1v) is 5.59. The van der Waals surface area contributed by atoms with Crippen LogP contribution in [0.5, 0.6) is 5.75 Å². The van der Waals surface area contributed by atoms with Crippen LogP contribution in [0.2, 0.25) is 0 Å². The number of halogens is 1. The van der Waals surface area contributed by atoms with Crippen molar-refractivity contribution in [1.82, 2.24) is 4.90 Å². The van der Waals surface area contributed by atoms with E-state index in [1.807, 2.05) is 0 Å². The lowest BCUT2D eigenvalue weighted by Gasteiger charge is -2.13. The van der Waals surface area contributed by atoms with Crippen LogP contribution in [0.4, 0.5) is 4.39 Å². The summed E-state index contributed by atoms with van der Waals surface area (Å²) < 4.78 is 18.4. The van der Waals surface area contributed by atoms with Crippen molar-refractivity contribution in [2.24, 2.45) is 0 Å². The number of benzene rings is 1. The van der Waals surface area contributed by atoms with E-state index in [9.17, 15) is 14.0 Å². The molecule has 0 bridgehead atoms. The summed E-state index contributed by atoms with van der Waals surface area (Å²) in [5, 5.41) is 0. The fraction of sp³-hybridized carbons (Fsp3) is 0.231. The molecule has 0 saturated carbocycles. The van der Waals surface area contributed by atoms with E-state index in [1.165, 1.54) is 24.3 Å². The smallest absolute Gasteiger partial charge is 0.253 e. The monoisotopic (exact) mass is 249 g/mol. The van der Waals surface area contributed by atoms with E-state index in [-0.39, 0.29) is 30.7 Å². The standard InChI is InChI=1S/C13H12FNO3/c14-10-4-1-2-5-11(10)18-9-3-8-15-12(16)6-7-13(15)17/h1-2,4-7H,3,8-9H2. The first kappa shape index (κ1) is 12.3. The molecule has 1 aromatic rings. The lowest BCUT2D eigenvalue weighted by Crippen LogP contribution is -2.31. The van der Waals surface area contributed by atoms with Gasteiger partial charge in [0, 0.05) is 18.7 Å². The molecule has 4 nitrogen and oxygen atoms in total. The van der Waals surface area contributed by atoms with Crippen LogP contribution >= 0.6 is 0 Å². The normalized spacial score (nSPS) is 14.4. The lowest BCUT2D eigenvalue weighted by atomic mass is 10.3. The first-order valence-electron chi connectivity index (χ1n) is 5.59. The summed E-state index contributed by atoms with van der Waals surface area (Å²) in [4.78, 5) is 23.6. The van der Waals surface area contributed by atoms with Crippen LogP contribution in [0.25, 0.3) is 0 Å². The number of ether oxygens (including phenoxy) is 1. The molecule has 0 saturated heterocycles. The minimum atomic E-state index is -0.424. The summed E-state index contributed by atoms with van der Waals surface area (Å²) in [6.07, 6.45) is 2.94. The van der Waals surface area contributed by atoms with E-state index in [0.29, 0.717) is 6.42 Å². The van der Waals surface area contributed by atoms with Gasteiger partial charge in [0.2, 0.25) is 0 Å². The molecule has 2 rings (SSSR count). The zero-order valence-electron chi connectivity index (χ0n) is 9.64. The van der Waals surface area contributed by atoms with Crippen molar-refractivity contribution in [3.8, 4) is 5.75 Å². The summed E-state index contributed by atoms with van der Waals surface area (Å²) >= 11 is 0. The largest absolute Gasteiger partial charge is 0.490 e. The predicted molar refractivity (Wildman–Crippen MR) is 62.4 cm³/mol.